The SMILES string of the molecule is C#CCN1C[C@@H](O)CC1=O. The molecule has 0 radical (unpaired) electrons. The summed E-state index contributed by atoms with van der Waals surface area (Å²) in [6.07, 6.45) is 4.70. The predicted octanol–water partition coefficient (Wildman–Crippen LogP) is -0.787. The van der Waals surface area contributed by atoms with E-state index in [0.29, 0.717) is 13.1 Å². The first-order valence-corrected chi connectivity index (χ1v) is 3.13. The Morgan fingerprint density at radius 3 is 3.00 bits per heavy atom. The molecule has 0 aromatic heterocycles. The summed E-state index contributed by atoms with van der Waals surface area (Å²) < 4.78 is 0. The average Bonchev–Trinajstić information content (AvgIpc) is 2.13. The molecule has 0 aromatic rings. The molecule has 0 saturated carbocycles. The van der Waals surface area contributed by atoms with Gasteiger partial charge in [-0.2, -0.15) is 0 Å². The molecule has 0 bridgehead atoms. The zero-order valence-corrected chi connectivity index (χ0v) is 5.58. The third-order valence-electron chi connectivity index (χ3n) is 1.48. The van der Waals surface area contributed by atoms with Crippen LogP contribution in [0.3, 0.4) is 0 Å². The lowest BCUT2D eigenvalue weighted by Gasteiger charge is -2.09. The van der Waals surface area contributed by atoms with Crippen molar-refractivity contribution in [3.05, 3.63) is 0 Å². The van der Waals surface area contributed by atoms with Gasteiger partial charge < -0.3 is 10.0 Å². The van der Waals surface area contributed by atoms with Gasteiger partial charge in [0.2, 0.25) is 5.91 Å². The highest BCUT2D eigenvalue weighted by molar-refractivity contribution is 5.79. The summed E-state index contributed by atoms with van der Waals surface area (Å²) in [4.78, 5) is 12.3. The van der Waals surface area contributed by atoms with Crippen LogP contribution in [0, 0.1) is 12.3 Å². The van der Waals surface area contributed by atoms with Crippen molar-refractivity contribution in [2.75, 3.05) is 13.1 Å². The Hall–Kier alpha value is -1.01. The molecule has 0 aromatic carbocycles. The highest BCUT2D eigenvalue weighted by Gasteiger charge is 2.26. The summed E-state index contributed by atoms with van der Waals surface area (Å²) in [5.41, 5.74) is 0. The number of nitrogens with zero attached hydrogens (tertiary/aromatic N) is 1. The Morgan fingerprint density at radius 1 is 1.90 bits per heavy atom. The number of aliphatic hydroxyl groups is 1. The van der Waals surface area contributed by atoms with Gasteiger partial charge >= 0.3 is 0 Å². The Bertz CT molecular complexity index is 183. The number of likely N-dealkylation sites (tertiary alicyclic amines) is 1. The van der Waals surface area contributed by atoms with Crippen LogP contribution in [0.2, 0.25) is 0 Å². The van der Waals surface area contributed by atoms with Crippen LogP contribution in [0.4, 0.5) is 0 Å². The summed E-state index contributed by atoms with van der Waals surface area (Å²) in [5, 5.41) is 8.97. The number of aliphatic hydroxyl groups excluding tert-OH is 1. The van der Waals surface area contributed by atoms with E-state index in [1.54, 1.807) is 0 Å². The molecule has 1 aliphatic rings. The van der Waals surface area contributed by atoms with Crippen molar-refractivity contribution >= 4 is 5.91 Å². The fraction of sp³-hybridized carbons (Fsp3) is 0.571. The fourth-order valence-electron chi connectivity index (χ4n) is 1.01. The number of carbonyl (C=O) groups is 1. The number of hydrogen-bond donors (Lipinski definition) is 1. The van der Waals surface area contributed by atoms with Crippen molar-refractivity contribution in [2.45, 2.75) is 12.5 Å². The van der Waals surface area contributed by atoms with E-state index in [0.717, 1.165) is 0 Å². The molecule has 1 N–H and O–H groups in total. The summed E-state index contributed by atoms with van der Waals surface area (Å²) in [6, 6.07) is 0. The van der Waals surface area contributed by atoms with Crippen LogP contribution in [0.15, 0.2) is 0 Å². The summed E-state index contributed by atoms with van der Waals surface area (Å²) in [5.74, 6) is 2.30. The summed E-state index contributed by atoms with van der Waals surface area (Å²) in [7, 11) is 0. The molecule has 54 valence electrons. The van der Waals surface area contributed by atoms with E-state index >= 15 is 0 Å². The average molecular weight is 139 g/mol. The molecule has 1 heterocycles. The molecule has 0 aliphatic carbocycles. The van der Waals surface area contributed by atoms with E-state index in [2.05, 4.69) is 5.92 Å². The Balaban J connectivity index is 2.48. The van der Waals surface area contributed by atoms with Crippen LogP contribution in [-0.4, -0.2) is 35.1 Å². The second-order valence-electron chi connectivity index (χ2n) is 2.34. The minimum atomic E-state index is -0.513. The number of amides is 1. The van der Waals surface area contributed by atoms with Gasteiger partial charge in [0.1, 0.15) is 0 Å². The number of hydrogen-bond acceptors (Lipinski definition) is 2. The molecule has 3 nitrogen and oxygen atoms in total. The molecule has 0 spiro atoms. The van der Waals surface area contributed by atoms with Crippen LogP contribution in [0.1, 0.15) is 6.42 Å². The van der Waals surface area contributed by atoms with E-state index in [1.165, 1.54) is 4.90 Å². The van der Waals surface area contributed by atoms with Crippen LogP contribution in [0.5, 0.6) is 0 Å². The Morgan fingerprint density at radius 2 is 2.60 bits per heavy atom. The molecule has 10 heavy (non-hydrogen) atoms. The predicted molar refractivity (Wildman–Crippen MR) is 36.0 cm³/mol. The van der Waals surface area contributed by atoms with E-state index in [-0.39, 0.29) is 12.3 Å². The van der Waals surface area contributed by atoms with Crippen LogP contribution < -0.4 is 0 Å². The molecule has 3 heteroatoms. The molecule has 1 aliphatic heterocycles. The summed E-state index contributed by atoms with van der Waals surface area (Å²) in [6.45, 7) is 0.707. The lowest BCUT2D eigenvalue weighted by molar-refractivity contribution is -0.127. The fourth-order valence-corrected chi connectivity index (χ4v) is 1.01. The lowest BCUT2D eigenvalue weighted by Crippen LogP contribution is -2.25. The third kappa shape index (κ3) is 1.28. The van der Waals surface area contributed by atoms with Gasteiger partial charge in [-0.3, -0.25) is 4.79 Å². The summed E-state index contributed by atoms with van der Waals surface area (Å²) >= 11 is 0. The van der Waals surface area contributed by atoms with Gasteiger partial charge in [-0.25, -0.2) is 0 Å². The van der Waals surface area contributed by atoms with E-state index in [4.69, 9.17) is 11.5 Å². The second kappa shape index (κ2) is 2.72. The van der Waals surface area contributed by atoms with Crippen molar-refractivity contribution in [1.29, 1.82) is 0 Å². The smallest absolute Gasteiger partial charge is 0.226 e. The number of rotatable bonds is 1. The quantitative estimate of drug-likeness (QED) is 0.484. The monoisotopic (exact) mass is 139 g/mol. The van der Waals surface area contributed by atoms with Crippen LogP contribution in [0.25, 0.3) is 0 Å². The first kappa shape index (κ1) is 7.10. The first-order chi connectivity index (χ1) is 4.74. The van der Waals surface area contributed by atoms with Crippen LogP contribution in [-0.2, 0) is 4.79 Å². The van der Waals surface area contributed by atoms with Gasteiger partial charge in [0.05, 0.1) is 19.1 Å². The second-order valence-corrected chi connectivity index (χ2v) is 2.34. The molecule has 0 unspecified atom stereocenters. The topological polar surface area (TPSA) is 40.5 Å². The Kier molecular flexibility index (Phi) is 1.93. The maximum atomic E-state index is 10.8. The maximum Gasteiger partial charge on any atom is 0.226 e. The molecule has 1 atom stereocenters. The van der Waals surface area contributed by atoms with Crippen molar-refractivity contribution in [1.82, 2.24) is 4.90 Å². The van der Waals surface area contributed by atoms with E-state index < -0.39 is 6.10 Å². The maximum absolute atomic E-state index is 10.8. The molecule has 1 fully saturated rings. The normalized spacial score (nSPS) is 25.0. The van der Waals surface area contributed by atoms with Gasteiger partial charge in [-0.15, -0.1) is 6.42 Å². The zero-order chi connectivity index (χ0) is 7.56. The lowest BCUT2D eigenvalue weighted by atomic mass is 10.3. The molecule has 1 saturated heterocycles. The van der Waals surface area contributed by atoms with Gasteiger partial charge in [0.25, 0.3) is 0 Å². The van der Waals surface area contributed by atoms with Crippen molar-refractivity contribution in [2.24, 2.45) is 0 Å². The van der Waals surface area contributed by atoms with Crippen molar-refractivity contribution in [3.8, 4) is 12.3 Å². The van der Waals surface area contributed by atoms with Gasteiger partial charge in [0, 0.05) is 6.54 Å². The van der Waals surface area contributed by atoms with Gasteiger partial charge in [-0.05, 0) is 0 Å². The minimum absolute atomic E-state index is 0.0505. The molecule has 1 rings (SSSR count). The highest BCUT2D eigenvalue weighted by atomic mass is 16.3. The van der Waals surface area contributed by atoms with Gasteiger partial charge in [-0.1, -0.05) is 5.92 Å². The highest BCUT2D eigenvalue weighted by Crippen LogP contribution is 2.08. The zero-order valence-electron chi connectivity index (χ0n) is 5.58. The third-order valence-corrected chi connectivity index (χ3v) is 1.48. The van der Waals surface area contributed by atoms with E-state index in [1.807, 2.05) is 0 Å². The van der Waals surface area contributed by atoms with Crippen molar-refractivity contribution < 1.29 is 9.90 Å². The standard InChI is InChI=1S/C7H9NO2/c1-2-3-8-5-6(9)4-7(8)10/h1,6,9H,3-5H2/t6-/m0/s1. The number of carbonyl (C=O) groups excluding carboxylic acids is 1. The van der Waals surface area contributed by atoms with E-state index in [9.17, 15) is 4.79 Å². The van der Waals surface area contributed by atoms with Crippen LogP contribution >= 0.6 is 0 Å². The van der Waals surface area contributed by atoms with Crippen molar-refractivity contribution in [3.63, 3.8) is 0 Å². The number of β-amino-alcohol motifs (C(OH)–C–C–N with tert-alkyl or cyclic N) is 1. The van der Waals surface area contributed by atoms with Gasteiger partial charge in [0.15, 0.2) is 0 Å². The molecular formula is C7H9NO2. The minimum Gasteiger partial charge on any atom is -0.391 e. The largest absolute Gasteiger partial charge is 0.391 e. The first-order valence-electron chi connectivity index (χ1n) is 3.13. The Labute approximate surface area is 59.6 Å². The molecular weight excluding hydrogens is 130 g/mol. The number of terminal acetylenes is 1. The molecule has 1 amide bonds.